The van der Waals surface area contributed by atoms with Crippen molar-refractivity contribution in [2.75, 3.05) is 6.61 Å². The first-order chi connectivity index (χ1) is 9.14. The lowest BCUT2D eigenvalue weighted by atomic mass is 9.64. The third-order valence-corrected chi connectivity index (χ3v) is 5.16. The highest BCUT2D eigenvalue weighted by atomic mass is 16.5. The first-order valence-electron chi connectivity index (χ1n) is 7.60. The molecule has 3 rings (SSSR count). The lowest BCUT2D eigenvalue weighted by molar-refractivity contribution is -0.149. The predicted octanol–water partition coefficient (Wildman–Crippen LogP) is 2.02. The molecule has 0 radical (unpaired) electrons. The molecule has 2 aliphatic carbocycles. The van der Waals surface area contributed by atoms with Gasteiger partial charge in [-0.15, -0.1) is 0 Å². The second-order valence-corrected chi connectivity index (χ2v) is 6.49. The van der Waals surface area contributed by atoms with E-state index in [1.165, 1.54) is 19.3 Å². The van der Waals surface area contributed by atoms with Crippen LogP contribution in [0.5, 0.6) is 0 Å². The number of esters is 1. The third kappa shape index (κ3) is 2.37. The smallest absolute Gasteiger partial charge is 0.329 e. The molecule has 3 fully saturated rings. The monoisotopic (exact) mass is 265 g/mol. The van der Waals surface area contributed by atoms with Gasteiger partial charge in [0.2, 0.25) is 5.91 Å². The molecular weight excluding hydrogens is 242 g/mol. The fourth-order valence-corrected chi connectivity index (χ4v) is 4.16. The van der Waals surface area contributed by atoms with Crippen LogP contribution in [0.25, 0.3) is 0 Å². The van der Waals surface area contributed by atoms with Crippen molar-refractivity contribution in [1.29, 1.82) is 0 Å². The van der Waals surface area contributed by atoms with Gasteiger partial charge in [0.05, 0.1) is 6.61 Å². The van der Waals surface area contributed by atoms with Crippen LogP contribution < -0.4 is 5.32 Å². The average Bonchev–Trinajstić information content (AvgIpc) is 3.16. The number of hydrogen-bond acceptors (Lipinski definition) is 3. The Kier molecular flexibility index (Phi) is 3.27. The second-order valence-electron chi connectivity index (χ2n) is 6.49. The first-order valence-corrected chi connectivity index (χ1v) is 7.60. The lowest BCUT2D eigenvalue weighted by Gasteiger charge is -2.40. The van der Waals surface area contributed by atoms with Gasteiger partial charge in [0, 0.05) is 11.8 Å². The minimum atomic E-state index is -0.401. The highest BCUT2D eigenvalue weighted by Gasteiger charge is 2.54. The molecule has 4 heteroatoms. The normalized spacial score (nSPS) is 38.3. The summed E-state index contributed by atoms with van der Waals surface area (Å²) in [4.78, 5) is 23.9. The Morgan fingerprint density at radius 3 is 2.84 bits per heavy atom. The zero-order valence-corrected chi connectivity index (χ0v) is 11.6. The number of hydrogen-bond donors (Lipinski definition) is 1. The van der Waals surface area contributed by atoms with Gasteiger partial charge in [0.15, 0.2) is 0 Å². The van der Waals surface area contributed by atoms with Gasteiger partial charge >= 0.3 is 5.97 Å². The summed E-state index contributed by atoms with van der Waals surface area (Å²) in [5.74, 6) is 1.37. The summed E-state index contributed by atoms with van der Waals surface area (Å²) in [6.45, 7) is 2.20. The van der Waals surface area contributed by atoms with E-state index >= 15 is 0 Å². The average molecular weight is 265 g/mol. The number of amides is 1. The van der Waals surface area contributed by atoms with E-state index in [1.807, 2.05) is 6.92 Å². The Labute approximate surface area is 114 Å². The molecule has 1 heterocycles. The van der Waals surface area contributed by atoms with Gasteiger partial charge in [0.25, 0.3) is 0 Å². The van der Waals surface area contributed by atoms with Crippen molar-refractivity contribution in [2.24, 2.45) is 17.3 Å². The fraction of sp³-hybridized carbons (Fsp3) is 0.867. The van der Waals surface area contributed by atoms with Crippen LogP contribution in [-0.4, -0.2) is 24.5 Å². The molecule has 0 bridgehead atoms. The number of carbonyl (C=O) groups is 2. The van der Waals surface area contributed by atoms with E-state index in [0.29, 0.717) is 13.0 Å². The number of ether oxygens (including phenoxy) is 1. The van der Waals surface area contributed by atoms with E-state index in [1.54, 1.807) is 0 Å². The van der Waals surface area contributed by atoms with E-state index in [0.717, 1.165) is 31.1 Å². The highest BCUT2D eigenvalue weighted by molar-refractivity contribution is 5.90. The Hall–Kier alpha value is -1.06. The second kappa shape index (κ2) is 4.80. The summed E-state index contributed by atoms with van der Waals surface area (Å²) in [7, 11) is 0. The van der Waals surface area contributed by atoms with Crippen LogP contribution in [0.2, 0.25) is 0 Å². The van der Waals surface area contributed by atoms with Gasteiger partial charge in [0.1, 0.15) is 6.04 Å². The highest BCUT2D eigenvalue weighted by Crippen LogP contribution is 2.53. The number of rotatable bonds is 3. The third-order valence-electron chi connectivity index (χ3n) is 5.16. The van der Waals surface area contributed by atoms with E-state index in [9.17, 15) is 9.59 Å². The molecule has 106 valence electrons. The van der Waals surface area contributed by atoms with Crippen LogP contribution in [0.3, 0.4) is 0 Å². The Morgan fingerprint density at radius 2 is 2.16 bits per heavy atom. The van der Waals surface area contributed by atoms with Gasteiger partial charge in [-0.25, -0.2) is 4.79 Å². The number of nitrogens with one attached hydrogen (secondary N) is 1. The van der Waals surface area contributed by atoms with Crippen molar-refractivity contribution in [3.8, 4) is 0 Å². The molecule has 3 unspecified atom stereocenters. The van der Waals surface area contributed by atoms with Crippen molar-refractivity contribution in [1.82, 2.24) is 5.32 Å². The van der Waals surface area contributed by atoms with Crippen molar-refractivity contribution >= 4 is 11.9 Å². The van der Waals surface area contributed by atoms with Crippen LogP contribution in [0.4, 0.5) is 0 Å². The zero-order chi connectivity index (χ0) is 13.5. The van der Waals surface area contributed by atoms with Gasteiger partial charge in [-0.2, -0.15) is 0 Å². The molecule has 3 aliphatic rings. The summed E-state index contributed by atoms with van der Waals surface area (Å²) in [5, 5.41) is 2.87. The van der Waals surface area contributed by atoms with Crippen LogP contribution in [0.15, 0.2) is 0 Å². The molecule has 0 aromatic carbocycles. The molecule has 1 saturated heterocycles. The van der Waals surface area contributed by atoms with E-state index in [-0.39, 0.29) is 17.3 Å². The molecule has 19 heavy (non-hydrogen) atoms. The van der Waals surface area contributed by atoms with Gasteiger partial charge in [-0.1, -0.05) is 12.8 Å². The van der Waals surface area contributed by atoms with Gasteiger partial charge < -0.3 is 10.1 Å². The summed E-state index contributed by atoms with van der Waals surface area (Å²) in [6, 6.07) is -0.401. The molecule has 1 aliphatic heterocycles. The Morgan fingerprint density at radius 1 is 1.37 bits per heavy atom. The molecule has 4 nitrogen and oxygen atoms in total. The maximum atomic E-state index is 12.1. The summed E-state index contributed by atoms with van der Waals surface area (Å²) in [6.07, 6.45) is 7.62. The minimum absolute atomic E-state index is 0.0227. The van der Waals surface area contributed by atoms with Crippen molar-refractivity contribution in [2.45, 2.75) is 57.9 Å². The summed E-state index contributed by atoms with van der Waals surface area (Å²) < 4.78 is 5.16. The molecule has 2 saturated carbocycles. The van der Waals surface area contributed by atoms with Crippen LogP contribution in [-0.2, 0) is 14.3 Å². The summed E-state index contributed by atoms with van der Waals surface area (Å²) in [5.41, 5.74) is -0.158. The standard InChI is InChI=1S/C15H23NO3/c1-2-19-14(18)13-15(9-12(17)16-13)7-3-4-11(8-15)10-5-6-10/h10-11,13H,2-9H2,1H3,(H,16,17). The fourth-order valence-electron chi connectivity index (χ4n) is 4.16. The van der Waals surface area contributed by atoms with Crippen molar-refractivity contribution in [3.63, 3.8) is 0 Å². The van der Waals surface area contributed by atoms with Crippen LogP contribution in [0.1, 0.15) is 51.9 Å². The van der Waals surface area contributed by atoms with Crippen LogP contribution in [0, 0.1) is 17.3 Å². The van der Waals surface area contributed by atoms with Gasteiger partial charge in [-0.3, -0.25) is 4.79 Å². The Balaban J connectivity index is 1.78. The molecule has 1 spiro atoms. The van der Waals surface area contributed by atoms with E-state index < -0.39 is 6.04 Å². The van der Waals surface area contributed by atoms with Gasteiger partial charge in [-0.05, 0) is 44.4 Å². The van der Waals surface area contributed by atoms with Crippen molar-refractivity contribution < 1.29 is 14.3 Å². The molecule has 0 aromatic rings. The maximum Gasteiger partial charge on any atom is 0.329 e. The van der Waals surface area contributed by atoms with E-state index in [4.69, 9.17) is 4.74 Å². The van der Waals surface area contributed by atoms with Crippen LogP contribution >= 0.6 is 0 Å². The maximum absolute atomic E-state index is 12.1. The number of carbonyl (C=O) groups excluding carboxylic acids is 2. The molecule has 3 atom stereocenters. The predicted molar refractivity (Wildman–Crippen MR) is 70.3 cm³/mol. The SMILES string of the molecule is CCOC(=O)C1NC(=O)CC12CCCC(C1CC1)C2. The quantitative estimate of drug-likeness (QED) is 0.794. The first kappa shape index (κ1) is 12.9. The topological polar surface area (TPSA) is 55.4 Å². The minimum Gasteiger partial charge on any atom is -0.464 e. The van der Waals surface area contributed by atoms with E-state index in [2.05, 4.69) is 5.32 Å². The summed E-state index contributed by atoms with van der Waals surface area (Å²) >= 11 is 0. The molecular formula is C15H23NO3. The largest absolute Gasteiger partial charge is 0.464 e. The molecule has 1 N–H and O–H groups in total. The lowest BCUT2D eigenvalue weighted by Crippen LogP contribution is -2.47. The van der Waals surface area contributed by atoms with Crippen molar-refractivity contribution in [3.05, 3.63) is 0 Å². The zero-order valence-electron chi connectivity index (χ0n) is 11.6. The Bertz CT molecular complexity index is 391. The molecule has 0 aromatic heterocycles. The molecule has 1 amide bonds.